The lowest BCUT2D eigenvalue weighted by atomic mass is 9.91. The molecule has 0 aliphatic carbocycles. The minimum Gasteiger partial charge on any atom is -0.507 e. The molecule has 0 spiro atoms. The van der Waals surface area contributed by atoms with Gasteiger partial charge in [-0.3, -0.25) is 9.59 Å². The van der Waals surface area contributed by atoms with Gasteiger partial charge >= 0.3 is 0 Å². The number of nitrogens with zero attached hydrogens (tertiary/aromatic N) is 1. The fourth-order valence-corrected chi connectivity index (χ4v) is 5.03. The van der Waals surface area contributed by atoms with Crippen molar-refractivity contribution in [1.82, 2.24) is 4.90 Å². The number of likely N-dealkylation sites (tertiary alicyclic amines) is 1. The number of benzene rings is 3. The van der Waals surface area contributed by atoms with E-state index >= 15 is 0 Å². The summed E-state index contributed by atoms with van der Waals surface area (Å²) in [6.07, 6.45) is 1.59. The van der Waals surface area contributed by atoms with Gasteiger partial charge in [0.05, 0.1) is 23.8 Å². The van der Waals surface area contributed by atoms with Crippen molar-refractivity contribution in [3.63, 3.8) is 0 Å². The largest absolute Gasteiger partial charge is 0.507 e. The van der Waals surface area contributed by atoms with Gasteiger partial charge in [-0.1, -0.05) is 54.6 Å². The number of hydrogen-bond acceptors (Lipinski definition) is 5. The van der Waals surface area contributed by atoms with Gasteiger partial charge in [-0.15, -0.1) is 0 Å². The van der Waals surface area contributed by atoms with Crippen molar-refractivity contribution in [3.8, 4) is 5.75 Å². The van der Waals surface area contributed by atoms with E-state index in [9.17, 15) is 14.7 Å². The molecule has 0 bridgehead atoms. The van der Waals surface area contributed by atoms with Gasteiger partial charge in [-0.05, 0) is 55.2 Å². The zero-order valence-electron chi connectivity index (χ0n) is 19.9. The van der Waals surface area contributed by atoms with E-state index in [1.807, 2.05) is 56.3 Å². The smallest absolute Gasteiger partial charge is 0.295 e. The Morgan fingerprint density at radius 1 is 1.09 bits per heavy atom. The Labute approximate surface area is 204 Å². The summed E-state index contributed by atoms with van der Waals surface area (Å²) < 4.78 is 11.6. The minimum absolute atomic E-state index is 0.0416. The highest BCUT2D eigenvalue weighted by Gasteiger charge is 2.47. The van der Waals surface area contributed by atoms with E-state index in [-0.39, 0.29) is 23.5 Å². The van der Waals surface area contributed by atoms with Crippen LogP contribution in [0.1, 0.15) is 43.9 Å². The number of fused-ring (bicyclic) bond motifs is 1. The predicted octanol–water partition coefficient (Wildman–Crippen LogP) is 5.23. The lowest BCUT2D eigenvalue weighted by molar-refractivity contribution is -0.140. The van der Waals surface area contributed by atoms with Crippen molar-refractivity contribution < 1.29 is 24.2 Å². The quantitative estimate of drug-likeness (QED) is 0.303. The summed E-state index contributed by atoms with van der Waals surface area (Å²) >= 11 is 0. The second-order valence-electron chi connectivity index (χ2n) is 9.35. The summed E-state index contributed by atoms with van der Waals surface area (Å²) in [5.74, 6) is -0.923. The third-order valence-electron chi connectivity index (χ3n) is 6.56. The van der Waals surface area contributed by atoms with Crippen LogP contribution in [-0.4, -0.2) is 47.1 Å². The van der Waals surface area contributed by atoms with Crippen LogP contribution in [0.25, 0.3) is 16.5 Å². The molecule has 180 valence electrons. The molecule has 35 heavy (non-hydrogen) atoms. The molecule has 5 rings (SSSR count). The molecule has 0 radical (unpaired) electrons. The Morgan fingerprint density at radius 3 is 2.63 bits per heavy atom. The highest BCUT2D eigenvalue weighted by molar-refractivity contribution is 6.46. The van der Waals surface area contributed by atoms with Crippen LogP contribution in [0.4, 0.5) is 0 Å². The zero-order chi connectivity index (χ0) is 24.5. The molecule has 2 saturated heterocycles. The number of ketones is 1. The van der Waals surface area contributed by atoms with Gasteiger partial charge in [0.1, 0.15) is 11.5 Å². The summed E-state index contributed by atoms with van der Waals surface area (Å²) in [7, 11) is 0. The number of ether oxygens (including phenoxy) is 2. The summed E-state index contributed by atoms with van der Waals surface area (Å²) in [6.45, 7) is 4.79. The van der Waals surface area contributed by atoms with Crippen LogP contribution in [0.5, 0.6) is 5.75 Å². The van der Waals surface area contributed by atoms with Crippen molar-refractivity contribution in [3.05, 3.63) is 83.4 Å². The molecule has 2 aliphatic rings. The van der Waals surface area contributed by atoms with Crippen molar-refractivity contribution in [2.45, 2.75) is 44.9 Å². The van der Waals surface area contributed by atoms with E-state index in [0.717, 1.165) is 29.2 Å². The molecule has 2 unspecified atom stereocenters. The van der Waals surface area contributed by atoms with Crippen LogP contribution in [0, 0.1) is 0 Å². The molecule has 2 aliphatic heterocycles. The third kappa shape index (κ3) is 4.42. The standard InChI is InChI=1S/C29H29NO5/c1-18(2)35-21-11-5-10-20(16-21)27(31)25-26(24-14-6-9-19-8-3-4-13-23(19)24)30(29(33)28(25)32)17-22-12-7-15-34-22/h3-6,8-11,13-14,16,18,22,26,31H,7,12,15,17H2,1-2H3/b27-25-. The summed E-state index contributed by atoms with van der Waals surface area (Å²) in [4.78, 5) is 28.3. The fraction of sp³-hybridized carbons (Fsp3) is 0.310. The molecule has 0 saturated carbocycles. The first-order chi connectivity index (χ1) is 16.9. The van der Waals surface area contributed by atoms with Crippen molar-refractivity contribution in [2.24, 2.45) is 0 Å². The van der Waals surface area contributed by atoms with E-state index in [4.69, 9.17) is 9.47 Å². The molecule has 6 heteroatoms. The third-order valence-corrected chi connectivity index (χ3v) is 6.56. The fourth-order valence-electron chi connectivity index (χ4n) is 5.03. The van der Waals surface area contributed by atoms with Crippen molar-refractivity contribution in [2.75, 3.05) is 13.2 Å². The number of hydrogen-bond donors (Lipinski definition) is 1. The number of aliphatic hydroxyl groups excluding tert-OH is 1. The average molecular weight is 472 g/mol. The monoisotopic (exact) mass is 471 g/mol. The van der Waals surface area contributed by atoms with Crippen molar-refractivity contribution >= 4 is 28.2 Å². The molecule has 2 heterocycles. The Kier molecular flexibility index (Phi) is 6.31. The number of carbonyl (C=O) groups excluding carboxylic acids is 2. The second kappa shape index (κ2) is 9.55. The maximum absolute atomic E-state index is 13.4. The Balaban J connectivity index is 1.67. The number of rotatable bonds is 6. The van der Waals surface area contributed by atoms with Crippen molar-refractivity contribution in [1.29, 1.82) is 0 Å². The van der Waals surface area contributed by atoms with E-state index < -0.39 is 17.7 Å². The molecule has 6 nitrogen and oxygen atoms in total. The Morgan fingerprint density at radius 2 is 1.86 bits per heavy atom. The lowest BCUT2D eigenvalue weighted by Crippen LogP contribution is -2.36. The van der Waals surface area contributed by atoms with Crippen LogP contribution in [0.2, 0.25) is 0 Å². The molecular weight excluding hydrogens is 442 g/mol. The topological polar surface area (TPSA) is 76.1 Å². The van der Waals surface area contributed by atoms with Gasteiger partial charge in [0.25, 0.3) is 11.7 Å². The van der Waals surface area contributed by atoms with Crippen LogP contribution < -0.4 is 4.74 Å². The first kappa shape index (κ1) is 23.1. The molecule has 0 aromatic heterocycles. The van der Waals surface area contributed by atoms with Gasteiger partial charge in [0, 0.05) is 18.7 Å². The van der Waals surface area contributed by atoms with Gasteiger partial charge in [0.2, 0.25) is 0 Å². The maximum atomic E-state index is 13.4. The Hall–Kier alpha value is -3.64. The average Bonchev–Trinajstić information content (AvgIpc) is 3.45. The second-order valence-corrected chi connectivity index (χ2v) is 9.35. The van der Waals surface area contributed by atoms with E-state index in [2.05, 4.69) is 0 Å². The van der Waals surface area contributed by atoms with E-state index in [0.29, 0.717) is 24.5 Å². The van der Waals surface area contributed by atoms with Gasteiger partial charge in [-0.2, -0.15) is 0 Å². The van der Waals surface area contributed by atoms with E-state index in [1.54, 1.807) is 29.2 Å². The highest BCUT2D eigenvalue weighted by Crippen LogP contribution is 2.42. The molecule has 1 N–H and O–H groups in total. The molecule has 3 aromatic rings. The number of carbonyl (C=O) groups is 2. The van der Waals surface area contributed by atoms with Crippen LogP contribution in [0.3, 0.4) is 0 Å². The van der Waals surface area contributed by atoms with Gasteiger partial charge in [-0.25, -0.2) is 0 Å². The van der Waals surface area contributed by atoms with Gasteiger partial charge < -0.3 is 19.5 Å². The normalized spacial score (nSPS) is 21.9. The summed E-state index contributed by atoms with van der Waals surface area (Å²) in [5, 5.41) is 13.4. The highest BCUT2D eigenvalue weighted by atomic mass is 16.5. The number of Topliss-reactive ketones (excluding diaryl/α,β-unsaturated/α-hetero) is 1. The number of aliphatic hydroxyl groups is 1. The lowest BCUT2D eigenvalue weighted by Gasteiger charge is -2.28. The van der Waals surface area contributed by atoms with Crippen LogP contribution >= 0.6 is 0 Å². The minimum atomic E-state index is -0.722. The Bertz CT molecular complexity index is 1300. The zero-order valence-corrected chi connectivity index (χ0v) is 19.9. The van der Waals surface area contributed by atoms with Gasteiger partial charge in [0.15, 0.2) is 0 Å². The summed E-state index contributed by atoms with van der Waals surface area (Å²) in [5.41, 5.74) is 1.32. The summed E-state index contributed by atoms with van der Waals surface area (Å²) in [6, 6.07) is 20.0. The molecule has 3 aromatic carbocycles. The molecule has 1 amide bonds. The molecule has 2 atom stereocenters. The maximum Gasteiger partial charge on any atom is 0.295 e. The van der Waals surface area contributed by atoms with Crippen LogP contribution in [0.15, 0.2) is 72.3 Å². The molecule has 2 fully saturated rings. The SMILES string of the molecule is CC(C)Oc1cccc(/C(O)=C2/C(=O)C(=O)N(CC3CCCO3)C2c2cccc3ccccc23)c1. The predicted molar refractivity (Wildman–Crippen MR) is 134 cm³/mol. The first-order valence-electron chi connectivity index (χ1n) is 12.1. The van der Waals surface area contributed by atoms with Crippen LogP contribution in [-0.2, 0) is 14.3 Å². The molecular formula is C29H29NO5. The first-order valence-corrected chi connectivity index (χ1v) is 12.1. The van der Waals surface area contributed by atoms with E-state index in [1.165, 1.54) is 0 Å². The number of amides is 1.